The van der Waals surface area contributed by atoms with Gasteiger partial charge in [-0.3, -0.25) is 9.69 Å². The number of sulfonamides is 1. The predicted octanol–water partition coefficient (Wildman–Crippen LogP) is 4.03. The highest BCUT2D eigenvalue weighted by Crippen LogP contribution is 2.36. The molecular weight excluding hydrogens is 534 g/mol. The molecule has 2 saturated heterocycles. The standard InChI is InChI=1S/C26H33N3O5S2.ClH/c1-35-23-9-3-18(4-10-23)16-28-17-21(19-11-13-29(14-12-19)36(2,33)34)15-24(28)25(30)27-22-7-5-20(6-8-22)26(31)32;/h3-10,19,21,24H,11-17H2,1-2H3,(H,27,30)(H,31,32);1H/t21-,24-;/m0./s1. The topological polar surface area (TPSA) is 107 Å². The molecule has 0 unspecified atom stereocenters. The van der Waals surface area contributed by atoms with Crippen LogP contribution in [-0.2, 0) is 21.4 Å². The third-order valence-corrected chi connectivity index (χ3v) is 9.36. The molecule has 2 aliphatic rings. The van der Waals surface area contributed by atoms with Crippen LogP contribution >= 0.6 is 24.2 Å². The second-order valence-electron chi connectivity index (χ2n) is 9.66. The first-order valence-electron chi connectivity index (χ1n) is 12.1. The van der Waals surface area contributed by atoms with Crippen molar-refractivity contribution >= 4 is 51.8 Å². The monoisotopic (exact) mass is 567 g/mol. The van der Waals surface area contributed by atoms with Crippen molar-refractivity contribution in [3.63, 3.8) is 0 Å². The van der Waals surface area contributed by atoms with Crippen molar-refractivity contribution in [3.8, 4) is 0 Å². The second-order valence-corrected chi connectivity index (χ2v) is 12.5. The fourth-order valence-corrected chi connectivity index (χ4v) is 6.58. The Bertz CT molecular complexity index is 1180. The fourth-order valence-electron chi connectivity index (χ4n) is 5.29. The first kappa shape index (κ1) is 29.4. The third-order valence-electron chi connectivity index (χ3n) is 7.32. The number of carboxylic acids is 1. The molecule has 2 aliphatic heterocycles. The summed E-state index contributed by atoms with van der Waals surface area (Å²) in [7, 11) is -3.18. The van der Waals surface area contributed by atoms with E-state index in [9.17, 15) is 18.0 Å². The molecule has 0 aliphatic carbocycles. The van der Waals surface area contributed by atoms with Gasteiger partial charge in [-0.1, -0.05) is 12.1 Å². The van der Waals surface area contributed by atoms with Gasteiger partial charge in [0.1, 0.15) is 0 Å². The summed E-state index contributed by atoms with van der Waals surface area (Å²) in [4.78, 5) is 27.9. The van der Waals surface area contributed by atoms with Crippen molar-refractivity contribution in [3.05, 3.63) is 59.7 Å². The number of benzene rings is 2. The minimum absolute atomic E-state index is 0. The van der Waals surface area contributed by atoms with E-state index in [1.807, 2.05) is 6.26 Å². The maximum absolute atomic E-state index is 13.4. The number of piperidine rings is 1. The minimum Gasteiger partial charge on any atom is -0.478 e. The fraction of sp³-hybridized carbons (Fsp3) is 0.462. The lowest BCUT2D eigenvalue weighted by molar-refractivity contribution is -0.120. The quantitative estimate of drug-likeness (QED) is 0.464. The molecule has 4 rings (SSSR count). The van der Waals surface area contributed by atoms with Crippen molar-refractivity contribution in [2.24, 2.45) is 11.8 Å². The summed E-state index contributed by atoms with van der Waals surface area (Å²) < 4.78 is 25.4. The lowest BCUT2D eigenvalue weighted by atomic mass is 9.83. The lowest BCUT2D eigenvalue weighted by Gasteiger charge is -2.33. The van der Waals surface area contributed by atoms with Gasteiger partial charge in [-0.25, -0.2) is 17.5 Å². The van der Waals surface area contributed by atoms with E-state index in [1.165, 1.54) is 23.3 Å². The van der Waals surface area contributed by atoms with Gasteiger partial charge in [-0.15, -0.1) is 24.2 Å². The van der Waals surface area contributed by atoms with Gasteiger partial charge < -0.3 is 10.4 Å². The summed E-state index contributed by atoms with van der Waals surface area (Å²) in [5.74, 6) is -0.429. The smallest absolute Gasteiger partial charge is 0.335 e. The number of carbonyl (C=O) groups excluding carboxylic acids is 1. The number of anilines is 1. The van der Waals surface area contributed by atoms with Crippen LogP contribution in [0.2, 0.25) is 0 Å². The number of thioether (sulfide) groups is 1. The zero-order valence-electron chi connectivity index (χ0n) is 21.0. The Morgan fingerprint density at radius 2 is 1.65 bits per heavy atom. The highest BCUT2D eigenvalue weighted by atomic mass is 35.5. The molecule has 2 N–H and O–H groups in total. The molecule has 0 radical (unpaired) electrons. The number of rotatable bonds is 8. The average Bonchev–Trinajstić information content (AvgIpc) is 3.28. The van der Waals surface area contributed by atoms with Crippen LogP contribution in [-0.4, -0.2) is 72.8 Å². The number of amides is 1. The SMILES string of the molecule is CSc1ccc(CN2C[C@@H](C3CCN(S(C)(=O)=O)CC3)C[C@H]2C(=O)Nc2ccc(C(=O)O)cc2)cc1.Cl. The molecule has 2 atom stereocenters. The Balaban J connectivity index is 0.00000380. The highest BCUT2D eigenvalue weighted by Gasteiger charge is 2.41. The van der Waals surface area contributed by atoms with Gasteiger partial charge in [-0.2, -0.15) is 0 Å². The Hall–Kier alpha value is -2.11. The molecule has 37 heavy (non-hydrogen) atoms. The van der Waals surface area contributed by atoms with Crippen molar-refractivity contribution in [1.82, 2.24) is 9.21 Å². The summed E-state index contributed by atoms with van der Waals surface area (Å²) in [6, 6.07) is 14.3. The van der Waals surface area contributed by atoms with E-state index in [2.05, 4.69) is 34.5 Å². The molecule has 8 nitrogen and oxygen atoms in total. The number of nitrogens with one attached hydrogen (secondary N) is 1. The van der Waals surface area contributed by atoms with Crippen LogP contribution in [0.15, 0.2) is 53.4 Å². The van der Waals surface area contributed by atoms with Crippen LogP contribution in [0.5, 0.6) is 0 Å². The molecule has 0 aromatic heterocycles. The summed E-state index contributed by atoms with van der Waals surface area (Å²) in [5.41, 5.74) is 1.88. The van der Waals surface area contributed by atoms with E-state index in [0.29, 0.717) is 43.6 Å². The average molecular weight is 568 g/mol. The molecule has 2 fully saturated rings. The van der Waals surface area contributed by atoms with E-state index < -0.39 is 16.0 Å². The molecule has 11 heteroatoms. The highest BCUT2D eigenvalue weighted by molar-refractivity contribution is 7.98. The van der Waals surface area contributed by atoms with Crippen LogP contribution in [0, 0.1) is 11.8 Å². The molecule has 1 amide bonds. The predicted molar refractivity (Wildman–Crippen MR) is 149 cm³/mol. The number of carbonyl (C=O) groups is 2. The maximum atomic E-state index is 13.4. The zero-order valence-corrected chi connectivity index (χ0v) is 23.4. The number of nitrogens with zero attached hydrogens (tertiary/aromatic N) is 2. The molecule has 2 aromatic carbocycles. The largest absolute Gasteiger partial charge is 0.478 e. The number of hydrogen-bond acceptors (Lipinski definition) is 6. The molecule has 0 saturated carbocycles. The normalized spacial score (nSPS) is 21.4. The maximum Gasteiger partial charge on any atom is 0.335 e. The van der Waals surface area contributed by atoms with Crippen molar-refractivity contribution in [1.29, 1.82) is 0 Å². The Morgan fingerprint density at radius 1 is 1.03 bits per heavy atom. The number of aromatic carboxylic acids is 1. The van der Waals surface area contributed by atoms with E-state index in [-0.39, 0.29) is 29.9 Å². The van der Waals surface area contributed by atoms with E-state index in [4.69, 9.17) is 5.11 Å². The molecule has 2 heterocycles. The van der Waals surface area contributed by atoms with Gasteiger partial charge in [0.25, 0.3) is 0 Å². The first-order valence-corrected chi connectivity index (χ1v) is 15.2. The first-order chi connectivity index (χ1) is 17.1. The van der Waals surface area contributed by atoms with Gasteiger partial charge in [0.15, 0.2) is 0 Å². The van der Waals surface area contributed by atoms with E-state index >= 15 is 0 Å². The second kappa shape index (κ2) is 12.6. The molecule has 202 valence electrons. The molecule has 0 spiro atoms. The van der Waals surface area contributed by atoms with E-state index in [0.717, 1.165) is 24.9 Å². The van der Waals surface area contributed by atoms with Crippen molar-refractivity contribution in [2.45, 2.75) is 36.7 Å². The van der Waals surface area contributed by atoms with Crippen LogP contribution in [0.3, 0.4) is 0 Å². The number of halogens is 1. The Kier molecular flexibility index (Phi) is 10.0. The van der Waals surface area contributed by atoms with Crippen molar-refractivity contribution < 1.29 is 23.1 Å². The summed E-state index contributed by atoms with van der Waals surface area (Å²) in [5, 5.41) is 12.1. The van der Waals surface area contributed by atoms with Gasteiger partial charge in [-0.05, 0) is 79.3 Å². The third kappa shape index (κ3) is 7.48. The lowest BCUT2D eigenvalue weighted by Crippen LogP contribution is -2.40. The Labute approximate surface area is 229 Å². The van der Waals surface area contributed by atoms with E-state index in [1.54, 1.807) is 28.2 Å². The zero-order chi connectivity index (χ0) is 25.9. The molecular formula is C26H34ClN3O5S2. The summed E-state index contributed by atoms with van der Waals surface area (Å²) in [6.45, 7) is 2.50. The Morgan fingerprint density at radius 3 is 2.19 bits per heavy atom. The van der Waals surface area contributed by atoms with Crippen LogP contribution in [0.1, 0.15) is 35.2 Å². The molecule has 2 aromatic rings. The van der Waals surface area contributed by atoms with Gasteiger partial charge in [0.05, 0.1) is 17.9 Å². The molecule has 0 bridgehead atoms. The van der Waals surface area contributed by atoms with Crippen LogP contribution in [0.25, 0.3) is 0 Å². The number of carboxylic acid groups (broad SMARTS) is 1. The summed E-state index contributed by atoms with van der Waals surface area (Å²) >= 11 is 1.69. The summed E-state index contributed by atoms with van der Waals surface area (Å²) in [6.07, 6.45) is 5.62. The van der Waals surface area contributed by atoms with Crippen LogP contribution in [0.4, 0.5) is 5.69 Å². The number of likely N-dealkylation sites (tertiary alicyclic amines) is 1. The van der Waals surface area contributed by atoms with Gasteiger partial charge in [0, 0.05) is 36.8 Å². The minimum atomic E-state index is -3.18. The van der Waals surface area contributed by atoms with Gasteiger partial charge in [0.2, 0.25) is 15.9 Å². The van der Waals surface area contributed by atoms with Crippen molar-refractivity contribution in [2.75, 3.05) is 37.5 Å². The van der Waals surface area contributed by atoms with Gasteiger partial charge >= 0.3 is 5.97 Å². The number of hydrogen-bond donors (Lipinski definition) is 2. The van der Waals surface area contributed by atoms with Crippen LogP contribution < -0.4 is 5.32 Å².